The van der Waals surface area contributed by atoms with Crippen molar-refractivity contribution in [2.24, 2.45) is 5.14 Å². The zero-order valence-electron chi connectivity index (χ0n) is 13.7. The number of halogens is 1. The molecule has 0 aliphatic carbocycles. The average Bonchev–Trinajstić information content (AvgIpc) is 2.61. The van der Waals surface area contributed by atoms with E-state index in [9.17, 15) is 22.9 Å². The molecule has 2 N–H and O–H groups in total. The zero-order valence-corrected chi connectivity index (χ0v) is 14.5. The number of rotatable bonds is 4. The molecule has 0 spiro atoms. The summed E-state index contributed by atoms with van der Waals surface area (Å²) in [4.78, 5) is 14.3. The van der Waals surface area contributed by atoms with Crippen molar-refractivity contribution in [1.29, 1.82) is 0 Å². The fourth-order valence-corrected chi connectivity index (χ4v) is 3.81. The van der Waals surface area contributed by atoms with Gasteiger partial charge in [-0.2, -0.15) is 0 Å². The number of hydrogen-bond donors (Lipinski definition) is 1. The van der Waals surface area contributed by atoms with Crippen molar-refractivity contribution >= 4 is 27.1 Å². The minimum atomic E-state index is -3.86. The molecule has 3 rings (SSSR count). The summed E-state index contributed by atoms with van der Waals surface area (Å²) in [6, 6.07) is 9.92. The molecule has 1 saturated heterocycles. The predicted octanol–water partition coefficient (Wildman–Crippen LogP) is 1.71. The maximum absolute atomic E-state index is 13.3. The standard InChI is InChI=1S/C16H17FN4O4S/c17-12-5-6-13(15(11-12)21(22)23)19-7-9-20(10-8-19)14-3-1-2-4-16(14)26(18,24)25/h1-6,11H,7-10H2,(H2,18,24,25). The number of anilines is 2. The topological polar surface area (TPSA) is 110 Å². The van der Waals surface area contributed by atoms with Gasteiger partial charge in [0.25, 0.3) is 5.69 Å². The van der Waals surface area contributed by atoms with Gasteiger partial charge in [0.15, 0.2) is 0 Å². The summed E-state index contributed by atoms with van der Waals surface area (Å²) >= 11 is 0. The lowest BCUT2D eigenvalue weighted by Crippen LogP contribution is -2.47. The van der Waals surface area contributed by atoms with Crippen LogP contribution >= 0.6 is 0 Å². The number of benzene rings is 2. The molecule has 0 radical (unpaired) electrons. The molecular formula is C16H17FN4O4S. The Balaban J connectivity index is 1.83. The van der Waals surface area contributed by atoms with Gasteiger partial charge >= 0.3 is 0 Å². The van der Waals surface area contributed by atoms with Crippen LogP contribution in [0.25, 0.3) is 0 Å². The fraction of sp³-hybridized carbons (Fsp3) is 0.250. The monoisotopic (exact) mass is 380 g/mol. The first-order valence-corrected chi connectivity index (χ1v) is 9.37. The highest BCUT2D eigenvalue weighted by molar-refractivity contribution is 7.89. The van der Waals surface area contributed by atoms with Crippen molar-refractivity contribution < 1.29 is 17.7 Å². The molecule has 0 unspecified atom stereocenters. The van der Waals surface area contributed by atoms with Gasteiger partial charge < -0.3 is 9.80 Å². The molecule has 2 aromatic carbocycles. The molecule has 138 valence electrons. The van der Waals surface area contributed by atoms with Gasteiger partial charge in [0, 0.05) is 26.2 Å². The molecule has 0 amide bonds. The largest absolute Gasteiger partial charge is 0.367 e. The van der Waals surface area contributed by atoms with Gasteiger partial charge in [-0.15, -0.1) is 0 Å². The maximum Gasteiger partial charge on any atom is 0.295 e. The Morgan fingerprint density at radius 1 is 1.00 bits per heavy atom. The third-order valence-corrected chi connectivity index (χ3v) is 5.23. The van der Waals surface area contributed by atoms with Crippen LogP contribution in [-0.2, 0) is 10.0 Å². The first-order chi connectivity index (χ1) is 12.3. The summed E-state index contributed by atoms with van der Waals surface area (Å²) in [5.41, 5.74) is 0.558. The van der Waals surface area contributed by atoms with Gasteiger partial charge in [0.2, 0.25) is 10.0 Å². The van der Waals surface area contributed by atoms with Crippen LogP contribution in [-0.4, -0.2) is 39.5 Å². The van der Waals surface area contributed by atoms with Crippen LogP contribution in [0.15, 0.2) is 47.4 Å². The van der Waals surface area contributed by atoms with Crippen molar-refractivity contribution in [2.45, 2.75) is 4.90 Å². The molecule has 0 atom stereocenters. The van der Waals surface area contributed by atoms with Crippen molar-refractivity contribution in [2.75, 3.05) is 36.0 Å². The van der Waals surface area contributed by atoms with E-state index in [0.717, 1.165) is 6.07 Å². The van der Waals surface area contributed by atoms with Crippen molar-refractivity contribution in [3.8, 4) is 0 Å². The van der Waals surface area contributed by atoms with Crippen molar-refractivity contribution in [1.82, 2.24) is 0 Å². The highest BCUT2D eigenvalue weighted by Crippen LogP contribution is 2.31. The summed E-state index contributed by atoms with van der Waals surface area (Å²) in [6.07, 6.45) is 0. The smallest absolute Gasteiger partial charge is 0.295 e. The number of nitro groups is 1. The average molecular weight is 380 g/mol. The lowest BCUT2D eigenvalue weighted by Gasteiger charge is -2.37. The zero-order chi connectivity index (χ0) is 18.9. The normalized spacial score (nSPS) is 15.2. The van der Waals surface area contributed by atoms with E-state index in [1.165, 1.54) is 18.2 Å². The van der Waals surface area contributed by atoms with E-state index in [-0.39, 0.29) is 10.6 Å². The lowest BCUT2D eigenvalue weighted by molar-refractivity contribution is -0.384. The maximum atomic E-state index is 13.3. The van der Waals surface area contributed by atoms with Crippen molar-refractivity contribution in [3.05, 3.63) is 58.4 Å². The van der Waals surface area contributed by atoms with Gasteiger partial charge in [-0.25, -0.2) is 17.9 Å². The number of nitro benzene ring substituents is 1. The molecule has 26 heavy (non-hydrogen) atoms. The molecule has 0 bridgehead atoms. The van der Waals surface area contributed by atoms with Gasteiger partial charge in [-0.05, 0) is 24.3 Å². The van der Waals surface area contributed by atoms with Crippen LogP contribution in [0.4, 0.5) is 21.5 Å². The summed E-state index contributed by atoms with van der Waals surface area (Å²) < 4.78 is 36.8. The highest BCUT2D eigenvalue weighted by atomic mass is 32.2. The van der Waals surface area contributed by atoms with Crippen LogP contribution in [0.3, 0.4) is 0 Å². The van der Waals surface area contributed by atoms with Gasteiger partial charge in [0.05, 0.1) is 16.7 Å². The molecular weight excluding hydrogens is 363 g/mol. The quantitative estimate of drug-likeness (QED) is 0.639. The Bertz CT molecular complexity index is 943. The molecule has 1 aliphatic rings. The predicted molar refractivity (Wildman–Crippen MR) is 95.3 cm³/mol. The molecule has 0 saturated carbocycles. The first-order valence-electron chi connectivity index (χ1n) is 7.83. The van der Waals surface area contributed by atoms with Crippen molar-refractivity contribution in [3.63, 3.8) is 0 Å². The second-order valence-corrected chi connectivity index (χ2v) is 7.41. The van der Waals surface area contributed by atoms with E-state index in [1.807, 2.05) is 4.90 Å². The minimum Gasteiger partial charge on any atom is -0.367 e. The Hall–Kier alpha value is -2.72. The number of nitrogens with two attached hydrogens (primary N) is 1. The highest BCUT2D eigenvalue weighted by Gasteiger charge is 2.26. The second-order valence-electron chi connectivity index (χ2n) is 5.88. The van der Waals surface area contributed by atoms with Crippen LogP contribution < -0.4 is 14.9 Å². The van der Waals surface area contributed by atoms with Gasteiger partial charge in [-0.3, -0.25) is 10.1 Å². The Morgan fingerprint density at radius 2 is 1.58 bits per heavy atom. The fourth-order valence-electron chi connectivity index (χ4n) is 3.06. The summed E-state index contributed by atoms with van der Waals surface area (Å²) in [5, 5.41) is 16.5. The third-order valence-electron chi connectivity index (χ3n) is 4.27. The number of nitrogens with zero attached hydrogens (tertiary/aromatic N) is 3. The van der Waals surface area contributed by atoms with Crippen LogP contribution in [0.1, 0.15) is 0 Å². The molecule has 1 heterocycles. The molecule has 2 aromatic rings. The number of primary sulfonamides is 1. The Morgan fingerprint density at radius 3 is 2.15 bits per heavy atom. The molecule has 0 aromatic heterocycles. The third kappa shape index (κ3) is 3.60. The number of piperazine rings is 1. The first kappa shape index (κ1) is 18.1. The molecule has 1 fully saturated rings. The number of hydrogen-bond acceptors (Lipinski definition) is 6. The van der Waals surface area contributed by atoms with Crippen LogP contribution in [0, 0.1) is 15.9 Å². The number of para-hydroxylation sites is 1. The Kier molecular flexibility index (Phi) is 4.79. The summed E-state index contributed by atoms with van der Waals surface area (Å²) in [5.74, 6) is -0.666. The van der Waals surface area contributed by atoms with E-state index in [1.54, 1.807) is 23.1 Å². The summed E-state index contributed by atoms with van der Waals surface area (Å²) in [7, 11) is -3.86. The summed E-state index contributed by atoms with van der Waals surface area (Å²) in [6.45, 7) is 1.74. The van der Waals surface area contributed by atoms with E-state index >= 15 is 0 Å². The minimum absolute atomic E-state index is 0.0428. The van der Waals surface area contributed by atoms with Gasteiger partial charge in [-0.1, -0.05) is 12.1 Å². The van der Waals surface area contributed by atoms with Crippen LogP contribution in [0.2, 0.25) is 0 Å². The van der Waals surface area contributed by atoms with E-state index in [0.29, 0.717) is 37.6 Å². The van der Waals surface area contributed by atoms with Gasteiger partial charge in [0.1, 0.15) is 16.4 Å². The molecule has 10 heteroatoms. The van der Waals surface area contributed by atoms with Crippen LogP contribution in [0.5, 0.6) is 0 Å². The van der Waals surface area contributed by atoms with E-state index in [2.05, 4.69) is 0 Å². The Labute approximate surface area is 149 Å². The number of sulfonamides is 1. The lowest BCUT2D eigenvalue weighted by atomic mass is 10.2. The van der Waals surface area contributed by atoms with E-state index < -0.39 is 20.8 Å². The molecule has 1 aliphatic heterocycles. The molecule has 8 nitrogen and oxygen atoms in total. The SMILES string of the molecule is NS(=O)(=O)c1ccccc1N1CCN(c2ccc(F)cc2[N+](=O)[O-])CC1. The second kappa shape index (κ2) is 6.89. The van der Waals surface area contributed by atoms with E-state index in [4.69, 9.17) is 5.14 Å².